The molecule has 0 spiro atoms. The first-order valence-electron chi connectivity index (χ1n) is 9.09. The van der Waals surface area contributed by atoms with Gasteiger partial charge >= 0.3 is 0 Å². The van der Waals surface area contributed by atoms with Crippen LogP contribution in [0.3, 0.4) is 0 Å². The molecule has 1 aliphatic heterocycles. The molecule has 0 saturated carbocycles. The van der Waals surface area contributed by atoms with E-state index in [1.54, 1.807) is 39.0 Å². The lowest BCUT2D eigenvalue weighted by Crippen LogP contribution is -2.40. The van der Waals surface area contributed by atoms with Crippen molar-refractivity contribution >= 4 is 15.9 Å². The Morgan fingerprint density at radius 3 is 2.45 bits per heavy atom. The van der Waals surface area contributed by atoms with E-state index in [2.05, 4.69) is 10.0 Å². The highest BCUT2D eigenvalue weighted by Gasteiger charge is 2.22. The fourth-order valence-electron chi connectivity index (χ4n) is 2.65. The number of amides is 1. The second kappa shape index (κ2) is 8.30. The van der Waals surface area contributed by atoms with E-state index in [4.69, 9.17) is 14.2 Å². The molecule has 2 aromatic rings. The molecule has 2 aromatic carbocycles. The summed E-state index contributed by atoms with van der Waals surface area (Å²) < 4.78 is 43.3. The van der Waals surface area contributed by atoms with Gasteiger partial charge in [-0.3, -0.25) is 4.79 Å². The molecule has 29 heavy (non-hydrogen) atoms. The van der Waals surface area contributed by atoms with Crippen LogP contribution in [0.4, 0.5) is 0 Å². The van der Waals surface area contributed by atoms with Crippen LogP contribution in [0.25, 0.3) is 0 Å². The van der Waals surface area contributed by atoms with Gasteiger partial charge in [0, 0.05) is 17.2 Å². The van der Waals surface area contributed by atoms with Crippen molar-refractivity contribution in [3.05, 3.63) is 48.0 Å². The number of nitrogens with one attached hydrogen (secondary N) is 2. The number of ether oxygens (including phenoxy) is 3. The van der Waals surface area contributed by atoms with Gasteiger partial charge in [-0.05, 0) is 57.2 Å². The highest BCUT2D eigenvalue weighted by atomic mass is 32.2. The van der Waals surface area contributed by atoms with Crippen LogP contribution >= 0.6 is 0 Å². The van der Waals surface area contributed by atoms with Crippen LogP contribution in [0.2, 0.25) is 0 Å². The smallest absolute Gasteiger partial charge is 0.251 e. The lowest BCUT2D eigenvalue weighted by atomic mass is 10.1. The van der Waals surface area contributed by atoms with Crippen molar-refractivity contribution in [2.75, 3.05) is 19.9 Å². The lowest BCUT2D eigenvalue weighted by Gasteiger charge is -2.20. The van der Waals surface area contributed by atoms with E-state index < -0.39 is 15.6 Å². The fraction of sp³-hybridized carbons (Fsp3) is 0.350. The highest BCUT2D eigenvalue weighted by Crippen LogP contribution is 2.34. The summed E-state index contributed by atoms with van der Waals surface area (Å²) in [6, 6.07) is 11.0. The molecule has 0 atom stereocenters. The Hall–Kier alpha value is -2.78. The molecule has 156 valence electrons. The monoisotopic (exact) mass is 420 g/mol. The largest absolute Gasteiger partial charge is 0.492 e. The van der Waals surface area contributed by atoms with E-state index in [0.29, 0.717) is 29.4 Å². The molecular weight excluding hydrogens is 396 g/mol. The third-order valence-corrected chi connectivity index (χ3v) is 5.64. The molecule has 1 heterocycles. The molecule has 0 saturated heterocycles. The number of fused-ring (bicyclic) bond motifs is 1. The van der Waals surface area contributed by atoms with Crippen molar-refractivity contribution in [1.29, 1.82) is 0 Å². The average Bonchev–Trinajstić information content (AvgIpc) is 3.11. The summed E-state index contributed by atoms with van der Waals surface area (Å²) in [4.78, 5) is 12.3. The predicted octanol–water partition coefficient (Wildman–Crippen LogP) is 2.30. The standard InChI is InChI=1S/C20H24N2O6S/c1-20(2,3)22-29(24,25)16-7-4-14(5-8-16)19(23)21-10-11-26-15-6-9-17-18(12-15)28-13-27-17/h4-9,12,22H,10-11,13H2,1-3H3,(H,21,23). The Morgan fingerprint density at radius 2 is 1.76 bits per heavy atom. The molecule has 3 rings (SSSR count). The summed E-state index contributed by atoms with van der Waals surface area (Å²) in [5.41, 5.74) is -0.227. The van der Waals surface area contributed by atoms with Gasteiger partial charge in [0.25, 0.3) is 5.91 Å². The van der Waals surface area contributed by atoms with E-state index in [-0.39, 0.29) is 24.2 Å². The van der Waals surface area contributed by atoms with Crippen LogP contribution in [0.5, 0.6) is 17.2 Å². The van der Waals surface area contributed by atoms with Crippen molar-refractivity contribution in [3.63, 3.8) is 0 Å². The number of sulfonamides is 1. The van der Waals surface area contributed by atoms with Crippen molar-refractivity contribution in [3.8, 4) is 17.2 Å². The Labute approximate surface area is 170 Å². The molecule has 2 N–H and O–H groups in total. The predicted molar refractivity (Wildman–Crippen MR) is 107 cm³/mol. The van der Waals surface area contributed by atoms with E-state index in [1.165, 1.54) is 24.3 Å². The van der Waals surface area contributed by atoms with Crippen LogP contribution in [0.15, 0.2) is 47.4 Å². The summed E-state index contributed by atoms with van der Waals surface area (Å²) in [5, 5.41) is 2.73. The van der Waals surface area contributed by atoms with Gasteiger partial charge in [-0.15, -0.1) is 0 Å². The van der Waals surface area contributed by atoms with Crippen molar-refractivity contribution in [2.45, 2.75) is 31.2 Å². The summed E-state index contributed by atoms with van der Waals surface area (Å²) in [6.07, 6.45) is 0. The molecule has 0 aromatic heterocycles. The van der Waals surface area contributed by atoms with Crippen molar-refractivity contribution in [2.24, 2.45) is 0 Å². The van der Waals surface area contributed by atoms with Crippen LogP contribution < -0.4 is 24.2 Å². The van der Waals surface area contributed by atoms with Gasteiger partial charge in [-0.2, -0.15) is 0 Å². The van der Waals surface area contributed by atoms with Gasteiger partial charge in [-0.1, -0.05) is 0 Å². The van der Waals surface area contributed by atoms with Gasteiger partial charge < -0.3 is 19.5 Å². The zero-order valence-corrected chi connectivity index (χ0v) is 17.3. The maximum Gasteiger partial charge on any atom is 0.251 e. The molecule has 0 radical (unpaired) electrons. The van der Waals surface area contributed by atoms with Crippen LogP contribution in [0.1, 0.15) is 31.1 Å². The molecule has 8 nitrogen and oxygen atoms in total. The number of carbonyl (C=O) groups excluding carboxylic acids is 1. The number of hydrogen-bond donors (Lipinski definition) is 2. The second-order valence-corrected chi connectivity index (χ2v) is 9.18. The molecule has 1 aliphatic rings. The Bertz CT molecular complexity index is 981. The maximum absolute atomic E-state index is 12.3. The minimum atomic E-state index is -3.64. The first kappa shape index (κ1) is 20.9. The zero-order chi connectivity index (χ0) is 21.1. The number of rotatable bonds is 7. The van der Waals surface area contributed by atoms with E-state index >= 15 is 0 Å². The zero-order valence-electron chi connectivity index (χ0n) is 16.5. The maximum atomic E-state index is 12.3. The van der Waals surface area contributed by atoms with Gasteiger partial charge in [0.1, 0.15) is 12.4 Å². The molecule has 1 amide bonds. The fourth-order valence-corrected chi connectivity index (χ4v) is 4.07. The van der Waals surface area contributed by atoms with E-state index in [0.717, 1.165) is 0 Å². The first-order chi connectivity index (χ1) is 13.6. The molecule has 0 unspecified atom stereocenters. The lowest BCUT2D eigenvalue weighted by molar-refractivity contribution is 0.0947. The highest BCUT2D eigenvalue weighted by molar-refractivity contribution is 7.89. The van der Waals surface area contributed by atoms with E-state index in [1.807, 2.05) is 0 Å². The third-order valence-electron chi connectivity index (χ3n) is 3.87. The Balaban J connectivity index is 1.49. The summed E-state index contributed by atoms with van der Waals surface area (Å²) in [5.74, 6) is 1.60. The summed E-state index contributed by atoms with van der Waals surface area (Å²) in [6.45, 7) is 6.04. The molecule has 0 aliphatic carbocycles. The first-order valence-corrected chi connectivity index (χ1v) is 10.6. The average molecular weight is 420 g/mol. The Morgan fingerprint density at radius 1 is 1.07 bits per heavy atom. The third kappa shape index (κ3) is 5.61. The van der Waals surface area contributed by atoms with Crippen LogP contribution in [-0.4, -0.2) is 39.8 Å². The minimum absolute atomic E-state index is 0.107. The van der Waals surface area contributed by atoms with Crippen molar-refractivity contribution < 1.29 is 27.4 Å². The van der Waals surface area contributed by atoms with E-state index in [9.17, 15) is 13.2 Å². The quantitative estimate of drug-likeness (QED) is 0.667. The van der Waals surface area contributed by atoms with Gasteiger partial charge in [-0.25, -0.2) is 13.1 Å². The Kier molecular flexibility index (Phi) is 5.99. The molecular formula is C20H24N2O6S. The normalized spacial score (nSPS) is 13.2. The minimum Gasteiger partial charge on any atom is -0.492 e. The van der Waals surface area contributed by atoms with Crippen LogP contribution in [-0.2, 0) is 10.0 Å². The van der Waals surface area contributed by atoms with Gasteiger partial charge in [0.15, 0.2) is 11.5 Å². The summed E-state index contributed by atoms with van der Waals surface area (Å²) in [7, 11) is -3.64. The summed E-state index contributed by atoms with van der Waals surface area (Å²) >= 11 is 0. The van der Waals surface area contributed by atoms with Gasteiger partial charge in [0.2, 0.25) is 16.8 Å². The molecule has 0 bridgehead atoms. The number of benzene rings is 2. The molecule has 0 fully saturated rings. The number of hydrogen-bond acceptors (Lipinski definition) is 6. The van der Waals surface area contributed by atoms with Crippen LogP contribution in [0, 0.1) is 0 Å². The van der Waals surface area contributed by atoms with Crippen molar-refractivity contribution in [1.82, 2.24) is 10.0 Å². The topological polar surface area (TPSA) is 103 Å². The van der Waals surface area contributed by atoms with Gasteiger partial charge in [0.05, 0.1) is 11.4 Å². The molecule has 9 heteroatoms. The number of carbonyl (C=O) groups is 1. The SMILES string of the molecule is CC(C)(C)NS(=O)(=O)c1ccc(C(=O)NCCOc2ccc3c(c2)OCO3)cc1. The second-order valence-electron chi connectivity index (χ2n) is 7.50.